The molecule has 2 aromatic rings. The Bertz CT molecular complexity index is 664. The van der Waals surface area contributed by atoms with E-state index in [2.05, 4.69) is 11.0 Å². The Kier molecular flexibility index (Phi) is 7.69. The Labute approximate surface area is 156 Å². The summed E-state index contributed by atoms with van der Waals surface area (Å²) in [5, 5.41) is 10.6. The molecule has 26 heavy (non-hydrogen) atoms. The summed E-state index contributed by atoms with van der Waals surface area (Å²) in [6.45, 7) is 6.73. The highest BCUT2D eigenvalue weighted by Gasteiger charge is 2.28. The SMILES string of the molecule is CCC(O)(CC)c1ccc(CN(CCOC)Cc2ccccc2OC)o1. The average Bonchev–Trinajstić information content (AvgIpc) is 3.15. The average molecular weight is 361 g/mol. The molecular weight excluding hydrogens is 330 g/mol. The van der Waals surface area contributed by atoms with Crippen LogP contribution in [0, 0.1) is 0 Å². The van der Waals surface area contributed by atoms with Gasteiger partial charge in [0.15, 0.2) is 0 Å². The number of methoxy groups -OCH3 is 2. The van der Waals surface area contributed by atoms with Gasteiger partial charge in [0.25, 0.3) is 0 Å². The number of para-hydroxylation sites is 1. The maximum absolute atomic E-state index is 10.6. The molecule has 0 saturated carbocycles. The minimum absolute atomic E-state index is 0.630. The lowest BCUT2D eigenvalue weighted by atomic mass is 9.95. The molecule has 5 nitrogen and oxygen atoms in total. The summed E-state index contributed by atoms with van der Waals surface area (Å²) < 4.78 is 16.7. The second-order valence-electron chi connectivity index (χ2n) is 6.52. The van der Waals surface area contributed by atoms with Gasteiger partial charge in [0.2, 0.25) is 0 Å². The van der Waals surface area contributed by atoms with Crippen molar-refractivity contribution >= 4 is 0 Å². The van der Waals surface area contributed by atoms with Crippen LogP contribution in [-0.4, -0.2) is 37.4 Å². The summed E-state index contributed by atoms with van der Waals surface area (Å²) in [5.41, 5.74) is 0.231. The summed E-state index contributed by atoms with van der Waals surface area (Å²) >= 11 is 0. The summed E-state index contributed by atoms with van der Waals surface area (Å²) in [6, 6.07) is 11.9. The van der Waals surface area contributed by atoms with Crippen molar-refractivity contribution in [2.45, 2.75) is 45.4 Å². The highest BCUT2D eigenvalue weighted by atomic mass is 16.5. The van der Waals surface area contributed by atoms with Crippen molar-refractivity contribution in [1.29, 1.82) is 0 Å². The molecule has 0 bridgehead atoms. The van der Waals surface area contributed by atoms with Gasteiger partial charge in [0.1, 0.15) is 22.9 Å². The first-order valence-electron chi connectivity index (χ1n) is 9.21. The van der Waals surface area contributed by atoms with Crippen LogP contribution in [0.1, 0.15) is 43.8 Å². The van der Waals surface area contributed by atoms with Crippen LogP contribution in [0.4, 0.5) is 0 Å². The van der Waals surface area contributed by atoms with E-state index in [1.807, 2.05) is 44.2 Å². The number of nitrogens with zero attached hydrogens (tertiary/aromatic N) is 1. The Morgan fingerprint density at radius 2 is 1.77 bits per heavy atom. The summed E-state index contributed by atoms with van der Waals surface area (Å²) in [6.07, 6.45) is 1.26. The fourth-order valence-electron chi connectivity index (χ4n) is 3.04. The monoisotopic (exact) mass is 361 g/mol. The molecule has 144 valence electrons. The van der Waals surface area contributed by atoms with Crippen LogP contribution < -0.4 is 4.74 Å². The van der Waals surface area contributed by atoms with Crippen molar-refractivity contribution in [2.75, 3.05) is 27.4 Å². The normalized spacial score (nSPS) is 11.9. The molecular formula is C21H31NO4. The zero-order valence-corrected chi connectivity index (χ0v) is 16.3. The second-order valence-corrected chi connectivity index (χ2v) is 6.52. The van der Waals surface area contributed by atoms with Gasteiger partial charge in [-0.1, -0.05) is 32.0 Å². The molecule has 0 aliphatic rings. The second kappa shape index (κ2) is 9.76. The van der Waals surface area contributed by atoms with Crippen molar-refractivity contribution in [1.82, 2.24) is 4.90 Å². The van der Waals surface area contributed by atoms with E-state index in [1.54, 1.807) is 14.2 Å². The van der Waals surface area contributed by atoms with Crippen molar-refractivity contribution < 1.29 is 19.0 Å². The van der Waals surface area contributed by atoms with Crippen LogP contribution >= 0.6 is 0 Å². The molecule has 0 spiro atoms. The predicted molar refractivity (Wildman–Crippen MR) is 102 cm³/mol. The van der Waals surface area contributed by atoms with Crippen molar-refractivity contribution in [2.24, 2.45) is 0 Å². The third-order valence-electron chi connectivity index (χ3n) is 4.87. The first kappa shape index (κ1) is 20.5. The van der Waals surface area contributed by atoms with Crippen LogP contribution in [0.2, 0.25) is 0 Å². The molecule has 2 rings (SSSR count). The zero-order valence-electron chi connectivity index (χ0n) is 16.3. The van der Waals surface area contributed by atoms with E-state index in [4.69, 9.17) is 13.9 Å². The number of benzene rings is 1. The summed E-state index contributed by atoms with van der Waals surface area (Å²) in [5.74, 6) is 2.36. The van der Waals surface area contributed by atoms with E-state index in [-0.39, 0.29) is 0 Å². The number of hydrogen-bond acceptors (Lipinski definition) is 5. The highest BCUT2D eigenvalue weighted by Crippen LogP contribution is 2.30. The molecule has 0 amide bonds. The topological polar surface area (TPSA) is 55.1 Å². The molecule has 0 fully saturated rings. The lowest BCUT2D eigenvalue weighted by Crippen LogP contribution is -2.27. The summed E-state index contributed by atoms with van der Waals surface area (Å²) in [7, 11) is 3.39. The van der Waals surface area contributed by atoms with Gasteiger partial charge < -0.3 is 19.0 Å². The molecule has 0 atom stereocenters. The Balaban J connectivity index is 2.14. The van der Waals surface area contributed by atoms with Gasteiger partial charge in [-0.2, -0.15) is 0 Å². The number of furan rings is 1. The third kappa shape index (κ3) is 5.10. The van der Waals surface area contributed by atoms with Gasteiger partial charge in [0, 0.05) is 25.8 Å². The molecule has 1 heterocycles. The van der Waals surface area contributed by atoms with E-state index in [9.17, 15) is 5.11 Å². The molecule has 0 radical (unpaired) electrons. The summed E-state index contributed by atoms with van der Waals surface area (Å²) in [4.78, 5) is 2.25. The van der Waals surface area contributed by atoms with Gasteiger partial charge in [-0.15, -0.1) is 0 Å². The van der Waals surface area contributed by atoms with Crippen LogP contribution in [0.15, 0.2) is 40.8 Å². The maximum atomic E-state index is 10.6. The van der Waals surface area contributed by atoms with E-state index in [0.717, 1.165) is 30.2 Å². The van der Waals surface area contributed by atoms with Gasteiger partial charge in [-0.3, -0.25) is 4.90 Å². The lowest BCUT2D eigenvalue weighted by molar-refractivity contribution is 0.00504. The third-order valence-corrected chi connectivity index (χ3v) is 4.87. The number of hydrogen-bond donors (Lipinski definition) is 1. The van der Waals surface area contributed by atoms with Gasteiger partial charge >= 0.3 is 0 Å². The molecule has 1 aromatic heterocycles. The van der Waals surface area contributed by atoms with E-state index in [1.165, 1.54) is 0 Å². The number of aliphatic hydroxyl groups is 1. The maximum Gasteiger partial charge on any atom is 0.135 e. The largest absolute Gasteiger partial charge is 0.496 e. The molecule has 0 saturated heterocycles. The van der Waals surface area contributed by atoms with Crippen LogP contribution in [0.25, 0.3) is 0 Å². The van der Waals surface area contributed by atoms with Crippen molar-refractivity contribution in [3.05, 3.63) is 53.5 Å². The standard InChI is InChI=1S/C21H31NO4/c1-5-21(23,6-2)20-12-11-18(26-20)16-22(13-14-24-3)15-17-9-7-8-10-19(17)25-4/h7-12,23H,5-6,13-16H2,1-4H3. The highest BCUT2D eigenvalue weighted by molar-refractivity contribution is 5.33. The minimum Gasteiger partial charge on any atom is -0.496 e. The molecule has 5 heteroatoms. The minimum atomic E-state index is -0.891. The van der Waals surface area contributed by atoms with Gasteiger partial charge in [-0.25, -0.2) is 0 Å². The van der Waals surface area contributed by atoms with Crippen LogP contribution in [0.5, 0.6) is 5.75 Å². The fourth-order valence-corrected chi connectivity index (χ4v) is 3.04. The van der Waals surface area contributed by atoms with Crippen molar-refractivity contribution in [3.8, 4) is 5.75 Å². The number of ether oxygens (including phenoxy) is 2. The molecule has 0 unspecified atom stereocenters. The van der Waals surface area contributed by atoms with E-state index in [0.29, 0.717) is 31.8 Å². The molecule has 1 N–H and O–H groups in total. The fraction of sp³-hybridized carbons (Fsp3) is 0.524. The molecule has 0 aliphatic heterocycles. The Morgan fingerprint density at radius 3 is 2.42 bits per heavy atom. The molecule has 0 aliphatic carbocycles. The van der Waals surface area contributed by atoms with Crippen LogP contribution in [0.3, 0.4) is 0 Å². The lowest BCUT2D eigenvalue weighted by Gasteiger charge is -2.23. The van der Waals surface area contributed by atoms with Crippen molar-refractivity contribution in [3.63, 3.8) is 0 Å². The first-order valence-corrected chi connectivity index (χ1v) is 9.21. The van der Waals surface area contributed by atoms with E-state index < -0.39 is 5.60 Å². The quantitative estimate of drug-likeness (QED) is 0.657. The number of rotatable bonds is 11. The first-order chi connectivity index (χ1) is 12.6. The smallest absolute Gasteiger partial charge is 0.135 e. The van der Waals surface area contributed by atoms with Crippen LogP contribution in [-0.2, 0) is 23.4 Å². The zero-order chi connectivity index (χ0) is 19.0. The molecule has 1 aromatic carbocycles. The van der Waals surface area contributed by atoms with E-state index >= 15 is 0 Å². The Hall–Kier alpha value is -1.82. The predicted octanol–water partition coefficient (Wildman–Crippen LogP) is 3.94. The Morgan fingerprint density at radius 1 is 1.04 bits per heavy atom. The van der Waals surface area contributed by atoms with Gasteiger partial charge in [0.05, 0.1) is 20.3 Å². The van der Waals surface area contributed by atoms with Gasteiger partial charge in [-0.05, 0) is 31.0 Å².